The third-order valence-electron chi connectivity index (χ3n) is 4.06. The Morgan fingerprint density at radius 2 is 1.90 bits per heavy atom. The molecule has 0 bridgehead atoms. The summed E-state index contributed by atoms with van der Waals surface area (Å²) in [5.41, 5.74) is 3.96. The molecule has 3 nitrogen and oxygen atoms in total. The average molecular weight is 281 g/mol. The highest BCUT2D eigenvalue weighted by Crippen LogP contribution is 2.22. The first kappa shape index (κ1) is 14.1. The second-order valence-electron chi connectivity index (χ2n) is 5.92. The molecule has 0 unspecified atom stereocenters. The normalized spacial score (nSPS) is 14.2. The fraction of sp³-hybridized carbons (Fsp3) is 0.389. The lowest BCUT2D eigenvalue weighted by Crippen LogP contribution is -2.23. The third kappa shape index (κ3) is 3.61. The van der Waals surface area contributed by atoms with Crippen LogP contribution in [0.1, 0.15) is 29.5 Å². The molecule has 0 amide bonds. The minimum Gasteiger partial charge on any atom is -0.355 e. The van der Waals surface area contributed by atoms with Gasteiger partial charge in [-0.05, 0) is 37.0 Å². The smallest absolute Gasteiger partial charge is 0.133 e. The molecule has 1 heterocycles. The van der Waals surface area contributed by atoms with Crippen LogP contribution in [0, 0.1) is 6.92 Å². The molecule has 1 aliphatic rings. The summed E-state index contributed by atoms with van der Waals surface area (Å²) in [6, 6.07) is 13.5. The lowest BCUT2D eigenvalue weighted by Gasteiger charge is -2.22. The van der Waals surface area contributed by atoms with Gasteiger partial charge < -0.3 is 10.2 Å². The standard InChI is InChI=1S/C18H23N3/c1-14-6-3-4-7-16(14)13-21(2)18-15(8-5-11-19-18)12-20-17-9-10-17/h3-8,11,17,20H,9-10,12-13H2,1-2H3. The number of pyridine rings is 1. The van der Waals surface area contributed by atoms with Crippen molar-refractivity contribution in [1.82, 2.24) is 10.3 Å². The number of aromatic nitrogens is 1. The maximum Gasteiger partial charge on any atom is 0.133 e. The Balaban J connectivity index is 1.74. The number of hydrogen-bond donors (Lipinski definition) is 1. The predicted octanol–water partition coefficient (Wildman–Crippen LogP) is 3.28. The fourth-order valence-corrected chi connectivity index (χ4v) is 2.57. The van der Waals surface area contributed by atoms with Gasteiger partial charge in [0.15, 0.2) is 0 Å². The van der Waals surface area contributed by atoms with E-state index in [0.717, 1.165) is 24.9 Å². The van der Waals surface area contributed by atoms with Crippen molar-refractivity contribution in [2.45, 2.75) is 38.9 Å². The van der Waals surface area contributed by atoms with Crippen molar-refractivity contribution in [2.75, 3.05) is 11.9 Å². The van der Waals surface area contributed by atoms with Gasteiger partial charge in [0.05, 0.1) is 0 Å². The first-order valence-electron chi connectivity index (χ1n) is 7.67. The summed E-state index contributed by atoms with van der Waals surface area (Å²) >= 11 is 0. The van der Waals surface area contributed by atoms with Gasteiger partial charge >= 0.3 is 0 Å². The predicted molar refractivity (Wildman–Crippen MR) is 87.4 cm³/mol. The van der Waals surface area contributed by atoms with Crippen LogP contribution < -0.4 is 10.2 Å². The van der Waals surface area contributed by atoms with E-state index in [2.05, 4.69) is 59.5 Å². The molecule has 0 saturated heterocycles. The quantitative estimate of drug-likeness (QED) is 0.880. The topological polar surface area (TPSA) is 28.2 Å². The summed E-state index contributed by atoms with van der Waals surface area (Å²) in [5, 5.41) is 3.58. The van der Waals surface area contributed by atoms with Crippen molar-refractivity contribution in [1.29, 1.82) is 0 Å². The van der Waals surface area contributed by atoms with Crippen LogP contribution in [0.4, 0.5) is 5.82 Å². The van der Waals surface area contributed by atoms with Crippen molar-refractivity contribution >= 4 is 5.82 Å². The molecule has 1 saturated carbocycles. The Kier molecular flexibility index (Phi) is 4.20. The highest BCUT2D eigenvalue weighted by Gasteiger charge is 2.21. The van der Waals surface area contributed by atoms with E-state index in [0.29, 0.717) is 0 Å². The molecule has 1 aromatic heterocycles. The van der Waals surface area contributed by atoms with E-state index >= 15 is 0 Å². The van der Waals surface area contributed by atoms with Crippen molar-refractivity contribution in [3.05, 3.63) is 59.3 Å². The number of aryl methyl sites for hydroxylation is 1. The fourth-order valence-electron chi connectivity index (χ4n) is 2.57. The van der Waals surface area contributed by atoms with Crippen LogP contribution in [-0.4, -0.2) is 18.1 Å². The van der Waals surface area contributed by atoms with Crippen LogP contribution in [0.3, 0.4) is 0 Å². The maximum absolute atomic E-state index is 4.59. The molecule has 1 fully saturated rings. The average Bonchev–Trinajstić information content (AvgIpc) is 3.32. The summed E-state index contributed by atoms with van der Waals surface area (Å²) in [6.45, 7) is 3.96. The minimum atomic E-state index is 0.722. The SMILES string of the molecule is Cc1ccccc1CN(C)c1ncccc1CNC1CC1. The first-order chi connectivity index (χ1) is 10.2. The van der Waals surface area contributed by atoms with Crippen molar-refractivity contribution in [2.24, 2.45) is 0 Å². The van der Waals surface area contributed by atoms with E-state index in [1.807, 2.05) is 12.3 Å². The Morgan fingerprint density at radius 1 is 1.14 bits per heavy atom. The Hall–Kier alpha value is -1.87. The highest BCUT2D eigenvalue weighted by molar-refractivity contribution is 5.47. The number of nitrogens with one attached hydrogen (secondary N) is 1. The molecule has 110 valence electrons. The summed E-state index contributed by atoms with van der Waals surface area (Å²) in [5.74, 6) is 1.08. The van der Waals surface area contributed by atoms with Crippen LogP contribution in [0.25, 0.3) is 0 Å². The van der Waals surface area contributed by atoms with Crippen LogP contribution in [-0.2, 0) is 13.1 Å². The van der Waals surface area contributed by atoms with E-state index in [-0.39, 0.29) is 0 Å². The van der Waals surface area contributed by atoms with E-state index in [9.17, 15) is 0 Å². The Labute approximate surface area is 127 Å². The number of hydrogen-bond acceptors (Lipinski definition) is 3. The van der Waals surface area contributed by atoms with Gasteiger partial charge in [-0.2, -0.15) is 0 Å². The minimum absolute atomic E-state index is 0.722. The van der Waals surface area contributed by atoms with Crippen molar-refractivity contribution < 1.29 is 0 Å². The van der Waals surface area contributed by atoms with Gasteiger partial charge in [-0.1, -0.05) is 30.3 Å². The lowest BCUT2D eigenvalue weighted by molar-refractivity contribution is 0.682. The van der Waals surface area contributed by atoms with Crippen LogP contribution in [0.2, 0.25) is 0 Å². The molecule has 1 N–H and O–H groups in total. The van der Waals surface area contributed by atoms with Gasteiger partial charge in [0.1, 0.15) is 5.82 Å². The van der Waals surface area contributed by atoms with Gasteiger partial charge in [0, 0.05) is 37.9 Å². The van der Waals surface area contributed by atoms with E-state index in [4.69, 9.17) is 0 Å². The van der Waals surface area contributed by atoms with E-state index < -0.39 is 0 Å². The van der Waals surface area contributed by atoms with Crippen molar-refractivity contribution in [3.8, 4) is 0 Å². The second-order valence-corrected chi connectivity index (χ2v) is 5.92. The molecule has 0 atom stereocenters. The summed E-state index contributed by atoms with van der Waals surface area (Å²) in [6.07, 6.45) is 4.51. The molecule has 1 aromatic carbocycles. The van der Waals surface area contributed by atoms with E-state index in [1.54, 1.807) is 0 Å². The van der Waals surface area contributed by atoms with Gasteiger partial charge in [-0.25, -0.2) is 4.98 Å². The van der Waals surface area contributed by atoms with Crippen LogP contribution >= 0.6 is 0 Å². The molecule has 3 rings (SSSR count). The van der Waals surface area contributed by atoms with E-state index in [1.165, 1.54) is 29.5 Å². The molecule has 0 radical (unpaired) electrons. The monoisotopic (exact) mass is 281 g/mol. The number of benzene rings is 1. The van der Waals surface area contributed by atoms with Gasteiger partial charge in [0.25, 0.3) is 0 Å². The number of rotatable bonds is 6. The molecule has 0 aliphatic heterocycles. The largest absolute Gasteiger partial charge is 0.355 e. The highest BCUT2D eigenvalue weighted by atomic mass is 15.2. The Morgan fingerprint density at radius 3 is 2.67 bits per heavy atom. The summed E-state index contributed by atoms with van der Waals surface area (Å²) < 4.78 is 0. The maximum atomic E-state index is 4.59. The van der Waals surface area contributed by atoms with Crippen molar-refractivity contribution in [3.63, 3.8) is 0 Å². The zero-order valence-electron chi connectivity index (χ0n) is 12.8. The second kappa shape index (κ2) is 6.27. The van der Waals surface area contributed by atoms with Crippen LogP contribution in [0.5, 0.6) is 0 Å². The molecule has 3 heteroatoms. The molecule has 21 heavy (non-hydrogen) atoms. The van der Waals surface area contributed by atoms with Gasteiger partial charge in [0.2, 0.25) is 0 Å². The first-order valence-corrected chi connectivity index (χ1v) is 7.67. The Bertz CT molecular complexity index is 605. The molecule has 1 aliphatic carbocycles. The van der Waals surface area contributed by atoms with Gasteiger partial charge in [-0.15, -0.1) is 0 Å². The molecule has 2 aromatic rings. The summed E-state index contributed by atoms with van der Waals surface area (Å²) in [4.78, 5) is 6.83. The summed E-state index contributed by atoms with van der Waals surface area (Å²) in [7, 11) is 2.12. The molecular formula is C18H23N3. The number of nitrogens with zero attached hydrogens (tertiary/aromatic N) is 2. The van der Waals surface area contributed by atoms with Crippen LogP contribution in [0.15, 0.2) is 42.6 Å². The zero-order chi connectivity index (χ0) is 14.7. The van der Waals surface area contributed by atoms with Gasteiger partial charge in [-0.3, -0.25) is 0 Å². The molecular weight excluding hydrogens is 258 g/mol. The molecule has 0 spiro atoms. The lowest BCUT2D eigenvalue weighted by atomic mass is 10.1. The number of anilines is 1. The third-order valence-corrected chi connectivity index (χ3v) is 4.06. The zero-order valence-corrected chi connectivity index (χ0v) is 12.8.